The van der Waals surface area contributed by atoms with Gasteiger partial charge in [0.05, 0.1) is 5.60 Å². The van der Waals surface area contributed by atoms with Gasteiger partial charge in [0.2, 0.25) is 0 Å². The van der Waals surface area contributed by atoms with Crippen LogP contribution < -0.4 is 0 Å². The van der Waals surface area contributed by atoms with Gasteiger partial charge in [-0.2, -0.15) is 0 Å². The monoisotopic (exact) mass is 268 g/mol. The molecule has 0 amide bonds. The quantitative estimate of drug-likeness (QED) is 0.862. The molecule has 3 atom stereocenters. The van der Waals surface area contributed by atoms with Crippen LogP contribution >= 0.6 is 0 Å². The first kappa shape index (κ1) is 14.4. The number of benzene rings is 1. The van der Waals surface area contributed by atoms with E-state index >= 15 is 0 Å². The van der Waals surface area contributed by atoms with Gasteiger partial charge >= 0.3 is 0 Å². The van der Waals surface area contributed by atoms with E-state index in [0.717, 1.165) is 38.2 Å². The summed E-state index contributed by atoms with van der Waals surface area (Å²) in [6.07, 6.45) is 5.12. The van der Waals surface area contributed by atoms with E-state index in [4.69, 9.17) is 0 Å². The number of hydrogen-bond acceptors (Lipinski definition) is 1. The van der Waals surface area contributed by atoms with Crippen molar-refractivity contribution in [2.45, 2.75) is 51.6 Å². The predicted octanol–water partition coefficient (Wildman–Crippen LogP) is 4.39. The number of aliphatic hydroxyl groups is 1. The zero-order chi connectivity index (χ0) is 14.0. The molecular weight excluding hydrogens is 246 g/mol. The van der Waals surface area contributed by atoms with Crippen LogP contribution in [0.2, 0.25) is 0 Å². The van der Waals surface area contributed by atoms with E-state index in [1.54, 1.807) is 6.92 Å². The third-order valence-electron chi connectivity index (χ3n) is 4.65. The topological polar surface area (TPSA) is 20.2 Å². The maximum atomic E-state index is 13.9. The summed E-state index contributed by atoms with van der Waals surface area (Å²) in [6.45, 7) is 3.73. The normalized spacial score (nSPS) is 27.0. The Balaban J connectivity index is 2.37. The molecule has 1 aliphatic rings. The second-order valence-electron chi connectivity index (χ2n) is 5.81. The fourth-order valence-electron chi connectivity index (χ4n) is 3.53. The van der Waals surface area contributed by atoms with Crippen molar-refractivity contribution in [2.75, 3.05) is 0 Å². The first-order valence-corrected chi connectivity index (χ1v) is 7.15. The van der Waals surface area contributed by atoms with E-state index in [9.17, 15) is 13.9 Å². The van der Waals surface area contributed by atoms with Gasteiger partial charge in [0.15, 0.2) is 11.6 Å². The Kier molecular flexibility index (Phi) is 4.24. The zero-order valence-corrected chi connectivity index (χ0v) is 11.6. The third kappa shape index (κ3) is 2.66. The van der Waals surface area contributed by atoms with Gasteiger partial charge in [0, 0.05) is 5.56 Å². The summed E-state index contributed by atoms with van der Waals surface area (Å²) in [5.74, 6) is -1.41. The molecule has 0 aromatic heterocycles. The molecule has 3 unspecified atom stereocenters. The molecule has 0 radical (unpaired) electrons. The summed E-state index contributed by atoms with van der Waals surface area (Å²) in [7, 11) is 0. The van der Waals surface area contributed by atoms with Crippen LogP contribution in [0.15, 0.2) is 18.2 Å². The molecule has 1 aliphatic carbocycles. The number of hydrogen-bond donors (Lipinski definition) is 1. The van der Waals surface area contributed by atoms with Gasteiger partial charge < -0.3 is 5.11 Å². The highest BCUT2D eigenvalue weighted by Gasteiger charge is 2.41. The molecule has 0 heterocycles. The minimum Gasteiger partial charge on any atom is -0.385 e. The summed E-state index contributed by atoms with van der Waals surface area (Å²) >= 11 is 0. The smallest absolute Gasteiger partial charge is 0.164 e. The summed E-state index contributed by atoms with van der Waals surface area (Å²) in [6, 6.07) is 4.05. The summed E-state index contributed by atoms with van der Waals surface area (Å²) in [5, 5.41) is 10.8. The minimum absolute atomic E-state index is 0.00236. The van der Waals surface area contributed by atoms with Crippen molar-refractivity contribution in [1.82, 2.24) is 0 Å². The van der Waals surface area contributed by atoms with Crippen LogP contribution in [0.4, 0.5) is 8.78 Å². The SMILES string of the molecule is CCC1CCCCC1C(C)(O)c1cccc(F)c1F. The van der Waals surface area contributed by atoms with E-state index in [1.807, 2.05) is 0 Å². The van der Waals surface area contributed by atoms with Gasteiger partial charge in [-0.3, -0.25) is 0 Å². The third-order valence-corrected chi connectivity index (χ3v) is 4.65. The Bertz CT molecular complexity index is 442. The van der Waals surface area contributed by atoms with Crippen molar-refractivity contribution in [2.24, 2.45) is 11.8 Å². The van der Waals surface area contributed by atoms with E-state index in [1.165, 1.54) is 12.1 Å². The van der Waals surface area contributed by atoms with E-state index < -0.39 is 17.2 Å². The van der Waals surface area contributed by atoms with Gasteiger partial charge in [-0.1, -0.05) is 44.7 Å². The Labute approximate surface area is 113 Å². The second-order valence-corrected chi connectivity index (χ2v) is 5.81. The second kappa shape index (κ2) is 5.58. The molecule has 3 heteroatoms. The fourth-order valence-corrected chi connectivity index (χ4v) is 3.53. The molecule has 1 fully saturated rings. The highest BCUT2D eigenvalue weighted by Crippen LogP contribution is 2.44. The molecule has 0 aliphatic heterocycles. The molecule has 1 nitrogen and oxygen atoms in total. The summed E-state index contributed by atoms with van der Waals surface area (Å²) in [4.78, 5) is 0. The molecule has 1 saturated carbocycles. The maximum absolute atomic E-state index is 13.9. The molecule has 1 aromatic rings. The maximum Gasteiger partial charge on any atom is 0.164 e. The van der Waals surface area contributed by atoms with E-state index in [-0.39, 0.29) is 11.5 Å². The van der Waals surface area contributed by atoms with E-state index in [0.29, 0.717) is 5.92 Å². The van der Waals surface area contributed by atoms with Crippen LogP contribution in [0.3, 0.4) is 0 Å². The van der Waals surface area contributed by atoms with E-state index in [2.05, 4.69) is 6.92 Å². The Hall–Kier alpha value is -0.960. The number of halogens is 2. The molecular formula is C16H22F2O. The standard InChI is InChI=1S/C16H22F2O/c1-3-11-7-4-5-8-12(11)16(2,19)13-9-6-10-14(17)15(13)18/h6,9-12,19H,3-5,7-8H2,1-2H3. The predicted molar refractivity (Wildman–Crippen MR) is 71.7 cm³/mol. The Morgan fingerprint density at radius 3 is 2.63 bits per heavy atom. The first-order valence-electron chi connectivity index (χ1n) is 7.15. The van der Waals surface area contributed by atoms with Crippen molar-refractivity contribution in [1.29, 1.82) is 0 Å². The lowest BCUT2D eigenvalue weighted by molar-refractivity contribution is -0.0516. The van der Waals surface area contributed by atoms with Gasteiger partial charge in [0.25, 0.3) is 0 Å². The van der Waals surface area contributed by atoms with Crippen LogP contribution in [0.5, 0.6) is 0 Å². The largest absolute Gasteiger partial charge is 0.385 e. The molecule has 0 saturated heterocycles. The molecule has 1 aromatic carbocycles. The highest BCUT2D eigenvalue weighted by atomic mass is 19.2. The molecule has 106 valence electrons. The van der Waals surface area contributed by atoms with Gasteiger partial charge in [-0.05, 0) is 31.2 Å². The summed E-state index contributed by atoms with van der Waals surface area (Å²) < 4.78 is 27.3. The zero-order valence-electron chi connectivity index (χ0n) is 11.6. The molecule has 19 heavy (non-hydrogen) atoms. The average molecular weight is 268 g/mol. The summed E-state index contributed by atoms with van der Waals surface area (Å²) in [5.41, 5.74) is -1.20. The minimum atomic E-state index is -1.30. The van der Waals surface area contributed by atoms with Crippen molar-refractivity contribution in [3.8, 4) is 0 Å². The van der Waals surface area contributed by atoms with Crippen molar-refractivity contribution in [3.05, 3.63) is 35.4 Å². The lowest BCUT2D eigenvalue weighted by Gasteiger charge is -2.41. The lowest BCUT2D eigenvalue weighted by Crippen LogP contribution is -2.39. The van der Waals surface area contributed by atoms with Crippen LogP contribution in [0, 0.1) is 23.5 Å². The van der Waals surface area contributed by atoms with Crippen LogP contribution in [-0.4, -0.2) is 5.11 Å². The van der Waals surface area contributed by atoms with Crippen molar-refractivity contribution in [3.63, 3.8) is 0 Å². The van der Waals surface area contributed by atoms with Crippen molar-refractivity contribution >= 4 is 0 Å². The first-order chi connectivity index (χ1) is 8.98. The highest BCUT2D eigenvalue weighted by molar-refractivity contribution is 5.26. The lowest BCUT2D eigenvalue weighted by atomic mass is 9.67. The Morgan fingerprint density at radius 1 is 1.26 bits per heavy atom. The van der Waals surface area contributed by atoms with Crippen LogP contribution in [-0.2, 0) is 5.60 Å². The Morgan fingerprint density at radius 2 is 1.95 bits per heavy atom. The number of rotatable bonds is 3. The molecule has 2 rings (SSSR count). The van der Waals surface area contributed by atoms with Gasteiger partial charge in [0.1, 0.15) is 0 Å². The fraction of sp³-hybridized carbons (Fsp3) is 0.625. The van der Waals surface area contributed by atoms with Crippen LogP contribution in [0.25, 0.3) is 0 Å². The molecule has 0 bridgehead atoms. The van der Waals surface area contributed by atoms with Gasteiger partial charge in [-0.25, -0.2) is 8.78 Å². The molecule has 1 N–H and O–H groups in total. The average Bonchev–Trinajstić information content (AvgIpc) is 2.41. The van der Waals surface area contributed by atoms with Crippen LogP contribution in [0.1, 0.15) is 51.5 Å². The molecule has 0 spiro atoms. The van der Waals surface area contributed by atoms with Gasteiger partial charge in [-0.15, -0.1) is 0 Å². The van der Waals surface area contributed by atoms with Crippen molar-refractivity contribution < 1.29 is 13.9 Å².